The first-order valence-electron chi connectivity index (χ1n) is 2.87. The Kier molecular flexibility index (Phi) is 313. The van der Waals surface area contributed by atoms with Crippen LogP contribution in [0, 0.1) is 0 Å². The molecule has 1 heterocycles. The largest absolute Gasteiger partial charge is 0.281 e. The van der Waals surface area contributed by atoms with E-state index < -0.39 is 0 Å². The predicted octanol–water partition coefficient (Wildman–Crippen LogP) is -0.906. The Morgan fingerprint density at radius 1 is 0.529 bits per heavy atom. The van der Waals surface area contributed by atoms with Crippen LogP contribution >= 0.6 is 0 Å². The molecule has 0 unspecified atom stereocenters. The van der Waals surface area contributed by atoms with E-state index in [9.17, 15) is 0 Å². The van der Waals surface area contributed by atoms with Gasteiger partial charge in [0.25, 0.3) is 33.9 Å². The molecular formula is C10H5CrNO5. The van der Waals surface area contributed by atoms with Crippen molar-refractivity contribution in [1.82, 2.24) is 4.98 Å². The summed E-state index contributed by atoms with van der Waals surface area (Å²) in [7, 11) is 0. The molecule has 0 atom stereocenters. The van der Waals surface area contributed by atoms with Crippen molar-refractivity contribution in [2.24, 2.45) is 0 Å². The Hall–Kier alpha value is -1.97. The van der Waals surface area contributed by atoms with Crippen LogP contribution < -0.4 is 0 Å². The molecular weight excluding hydrogens is 266 g/mol. The first-order chi connectivity index (χ1) is 8.00. The molecule has 1 aromatic heterocycles. The molecule has 6 nitrogen and oxygen atoms in total. The summed E-state index contributed by atoms with van der Waals surface area (Å²) in [6, 6.07) is 5.72. The summed E-state index contributed by atoms with van der Waals surface area (Å²) < 4.78 is 0. The SMILES string of the molecule is [C]=O.[C]=O.[C]=O.[C]=O.[C]=O.[Cr].c1ccncc1. The molecule has 0 aliphatic rings. The number of hydrogen-bond donors (Lipinski definition) is 0. The minimum atomic E-state index is 0. The topological polar surface area (TPSA) is 98.2 Å². The predicted molar refractivity (Wildman–Crippen MR) is 52.7 cm³/mol. The van der Waals surface area contributed by atoms with Gasteiger partial charge in [0.2, 0.25) is 0 Å². The van der Waals surface area contributed by atoms with Gasteiger partial charge >= 0.3 is 0 Å². The van der Waals surface area contributed by atoms with Gasteiger partial charge < -0.3 is 0 Å². The van der Waals surface area contributed by atoms with Crippen molar-refractivity contribution >= 4 is 33.9 Å². The quantitative estimate of drug-likeness (QED) is 0.606. The molecule has 1 rings (SSSR count). The van der Waals surface area contributed by atoms with Gasteiger partial charge in [0, 0.05) is 29.8 Å². The van der Waals surface area contributed by atoms with Crippen LogP contribution in [0.4, 0.5) is 0 Å². The van der Waals surface area contributed by atoms with Crippen LogP contribution in [0.3, 0.4) is 0 Å². The van der Waals surface area contributed by atoms with Crippen LogP contribution in [0.5, 0.6) is 0 Å². The molecule has 0 N–H and O–H groups in total. The van der Waals surface area contributed by atoms with Gasteiger partial charge in [-0.1, -0.05) is 6.07 Å². The fourth-order valence-electron chi connectivity index (χ4n) is 0.313. The molecule has 0 saturated heterocycles. The third kappa shape index (κ3) is 125. The minimum Gasteiger partial charge on any atom is -0.281 e. The van der Waals surface area contributed by atoms with Crippen molar-refractivity contribution in [3.05, 3.63) is 30.6 Å². The van der Waals surface area contributed by atoms with Crippen LogP contribution in [0.2, 0.25) is 0 Å². The van der Waals surface area contributed by atoms with Gasteiger partial charge in [0.1, 0.15) is 0 Å². The number of carbonyl (C=O) groups excluding carboxylic acids is 5. The maximum Gasteiger partial charge on any atom is 0.281 e. The molecule has 0 saturated carbocycles. The summed E-state index contributed by atoms with van der Waals surface area (Å²) in [5.74, 6) is 0. The Morgan fingerprint density at radius 2 is 0.765 bits per heavy atom. The van der Waals surface area contributed by atoms with Crippen LogP contribution in [0.1, 0.15) is 0 Å². The van der Waals surface area contributed by atoms with Gasteiger partial charge in [-0.25, -0.2) is 0 Å². The van der Waals surface area contributed by atoms with Crippen LogP contribution in [-0.2, 0) is 41.3 Å². The molecule has 1 aromatic rings. The fraction of sp³-hybridized carbons (Fsp3) is 0. The number of rotatable bonds is 0. The Bertz CT molecular complexity index is 141. The van der Waals surface area contributed by atoms with E-state index in [2.05, 4.69) is 38.9 Å². The fourth-order valence-corrected chi connectivity index (χ4v) is 0.313. The second kappa shape index (κ2) is 147. The monoisotopic (exact) mass is 271 g/mol. The van der Waals surface area contributed by atoms with Gasteiger partial charge in [-0.3, -0.25) is 29.0 Å². The van der Waals surface area contributed by atoms with Crippen LogP contribution in [-0.4, -0.2) is 38.9 Å². The molecule has 0 bridgehead atoms. The minimum absolute atomic E-state index is 0. The van der Waals surface area contributed by atoms with Gasteiger partial charge in [0.05, 0.1) is 0 Å². The maximum atomic E-state index is 7.50. The number of pyridine rings is 1. The molecule has 86 valence electrons. The van der Waals surface area contributed by atoms with Crippen molar-refractivity contribution in [1.29, 1.82) is 0 Å². The first-order valence-corrected chi connectivity index (χ1v) is 2.87. The normalized spacial score (nSPS) is 4.00. The Balaban J connectivity index is -0.0000000242. The summed E-state index contributed by atoms with van der Waals surface area (Å²) in [4.78, 5) is 41.3. The molecule has 0 aliphatic heterocycles. The van der Waals surface area contributed by atoms with E-state index in [0.717, 1.165) is 0 Å². The summed E-state index contributed by atoms with van der Waals surface area (Å²) in [5, 5.41) is 0. The number of hydrogen-bond acceptors (Lipinski definition) is 6. The molecule has 0 amide bonds. The van der Waals surface area contributed by atoms with Gasteiger partial charge in [0.15, 0.2) is 0 Å². The summed E-state index contributed by atoms with van der Waals surface area (Å²) in [6.07, 6.45) is 3.50. The van der Waals surface area contributed by atoms with Crippen LogP contribution in [0.25, 0.3) is 0 Å². The zero-order valence-electron chi connectivity index (χ0n) is 8.28. The van der Waals surface area contributed by atoms with Gasteiger partial charge in [-0.15, -0.1) is 0 Å². The zero-order chi connectivity index (χ0) is 14.2. The van der Waals surface area contributed by atoms with Crippen molar-refractivity contribution in [2.45, 2.75) is 0 Å². The average Bonchev–Trinajstić information content (AvgIpc) is 2.51. The van der Waals surface area contributed by atoms with E-state index in [-0.39, 0.29) is 17.4 Å². The smallest absolute Gasteiger partial charge is 0.281 e. The summed E-state index contributed by atoms with van der Waals surface area (Å²) in [6.45, 7) is 22.5. The average molecular weight is 271 g/mol. The van der Waals surface area contributed by atoms with E-state index in [1.165, 1.54) is 0 Å². The van der Waals surface area contributed by atoms with E-state index in [4.69, 9.17) is 24.0 Å². The van der Waals surface area contributed by atoms with Crippen molar-refractivity contribution in [3.8, 4) is 0 Å². The number of aromatic nitrogens is 1. The standard InChI is InChI=1S/C5H5N.5CO.Cr/c1-2-4-6-5-3-1;5*1-2;/h1-5H;;;;;;. The Morgan fingerprint density at radius 3 is 0.824 bits per heavy atom. The Labute approximate surface area is 111 Å². The van der Waals surface area contributed by atoms with Crippen molar-refractivity contribution in [2.75, 3.05) is 0 Å². The van der Waals surface area contributed by atoms with E-state index in [1.54, 1.807) is 12.4 Å². The second-order valence-electron chi connectivity index (χ2n) is 1.02. The molecule has 0 spiro atoms. The molecule has 7 heteroatoms. The first kappa shape index (κ1) is 36.3. The van der Waals surface area contributed by atoms with Crippen molar-refractivity contribution < 1.29 is 41.3 Å². The van der Waals surface area contributed by atoms with E-state index in [1.807, 2.05) is 18.2 Å². The van der Waals surface area contributed by atoms with E-state index >= 15 is 0 Å². The van der Waals surface area contributed by atoms with E-state index in [0.29, 0.717) is 0 Å². The maximum absolute atomic E-state index is 7.50. The summed E-state index contributed by atoms with van der Waals surface area (Å²) in [5.41, 5.74) is 0. The third-order valence-electron chi connectivity index (χ3n) is 0.566. The molecule has 17 heavy (non-hydrogen) atoms. The zero-order valence-corrected chi connectivity index (χ0v) is 9.56. The molecule has 0 aliphatic carbocycles. The van der Waals surface area contributed by atoms with Crippen molar-refractivity contribution in [3.63, 3.8) is 0 Å². The molecule has 0 aromatic carbocycles. The third-order valence-corrected chi connectivity index (χ3v) is 0.566. The number of nitrogens with zero attached hydrogens (tertiary/aromatic N) is 1. The second-order valence-corrected chi connectivity index (χ2v) is 1.02. The summed E-state index contributed by atoms with van der Waals surface area (Å²) >= 11 is 0. The molecule has 0 fully saturated rings. The molecule has 10 radical (unpaired) electrons. The van der Waals surface area contributed by atoms with Gasteiger partial charge in [-0.2, -0.15) is 0 Å². The van der Waals surface area contributed by atoms with Crippen LogP contribution in [0.15, 0.2) is 30.6 Å². The van der Waals surface area contributed by atoms with Gasteiger partial charge in [-0.05, 0) is 12.1 Å².